The van der Waals surface area contributed by atoms with Gasteiger partial charge in [-0.05, 0) is 19.9 Å². The molecular weight excluding hydrogens is 244 g/mol. The first kappa shape index (κ1) is 13.6. The van der Waals surface area contributed by atoms with Crippen molar-refractivity contribution in [2.24, 2.45) is 0 Å². The molecule has 17 heavy (non-hydrogen) atoms. The standard InChI is InChI=1S/C10H14N2O4S/c1-8(2)11(3)17(15,16)10-7-5-4-6-9(10)12(13)14/h4-8H,1-3H3. The van der Waals surface area contributed by atoms with E-state index in [0.717, 1.165) is 4.31 Å². The molecule has 0 aromatic heterocycles. The lowest BCUT2D eigenvalue weighted by Gasteiger charge is -2.20. The quantitative estimate of drug-likeness (QED) is 0.607. The molecular formula is C10H14N2O4S. The van der Waals surface area contributed by atoms with Crippen LogP contribution in [0.2, 0.25) is 0 Å². The number of benzene rings is 1. The first-order chi connectivity index (χ1) is 7.78. The Morgan fingerprint density at radius 1 is 1.29 bits per heavy atom. The van der Waals surface area contributed by atoms with E-state index in [9.17, 15) is 18.5 Å². The summed E-state index contributed by atoms with van der Waals surface area (Å²) in [5.74, 6) is 0. The van der Waals surface area contributed by atoms with Crippen LogP contribution in [0.15, 0.2) is 29.2 Å². The van der Waals surface area contributed by atoms with E-state index in [1.165, 1.54) is 31.3 Å². The zero-order valence-corrected chi connectivity index (χ0v) is 10.6. The highest BCUT2D eigenvalue weighted by Crippen LogP contribution is 2.26. The van der Waals surface area contributed by atoms with Gasteiger partial charge in [0.15, 0.2) is 4.90 Å². The van der Waals surface area contributed by atoms with E-state index >= 15 is 0 Å². The van der Waals surface area contributed by atoms with Gasteiger partial charge in [0.25, 0.3) is 5.69 Å². The van der Waals surface area contributed by atoms with E-state index in [1.54, 1.807) is 13.8 Å². The lowest BCUT2D eigenvalue weighted by atomic mass is 10.3. The average molecular weight is 258 g/mol. The zero-order valence-electron chi connectivity index (χ0n) is 9.82. The molecule has 1 aromatic carbocycles. The number of sulfonamides is 1. The van der Waals surface area contributed by atoms with Gasteiger partial charge in [-0.15, -0.1) is 0 Å². The Labute approximate surface area is 100 Å². The molecule has 7 heteroatoms. The lowest BCUT2D eigenvalue weighted by Crippen LogP contribution is -2.33. The molecule has 0 aliphatic heterocycles. The van der Waals surface area contributed by atoms with Crippen LogP contribution in [0.3, 0.4) is 0 Å². The van der Waals surface area contributed by atoms with Gasteiger partial charge in [-0.2, -0.15) is 4.31 Å². The molecule has 0 saturated carbocycles. The summed E-state index contributed by atoms with van der Waals surface area (Å²) in [6.45, 7) is 3.40. The maximum Gasteiger partial charge on any atom is 0.289 e. The van der Waals surface area contributed by atoms with Crippen molar-refractivity contribution in [2.45, 2.75) is 24.8 Å². The summed E-state index contributed by atoms with van der Waals surface area (Å²) in [6.07, 6.45) is 0. The zero-order chi connectivity index (χ0) is 13.2. The average Bonchev–Trinajstić information content (AvgIpc) is 2.27. The van der Waals surface area contributed by atoms with Crippen molar-refractivity contribution in [3.63, 3.8) is 0 Å². The van der Waals surface area contributed by atoms with Gasteiger partial charge < -0.3 is 0 Å². The van der Waals surface area contributed by atoms with Crippen molar-refractivity contribution in [1.29, 1.82) is 0 Å². The Morgan fingerprint density at radius 2 is 1.82 bits per heavy atom. The number of nitro benzene ring substituents is 1. The highest BCUT2D eigenvalue weighted by molar-refractivity contribution is 7.89. The second-order valence-electron chi connectivity index (χ2n) is 3.84. The maximum absolute atomic E-state index is 12.1. The molecule has 0 fully saturated rings. The summed E-state index contributed by atoms with van der Waals surface area (Å²) in [4.78, 5) is 9.81. The Hall–Kier alpha value is -1.47. The Morgan fingerprint density at radius 3 is 2.29 bits per heavy atom. The molecule has 0 unspecified atom stereocenters. The minimum Gasteiger partial charge on any atom is -0.258 e. The number of hydrogen-bond donors (Lipinski definition) is 0. The normalized spacial score (nSPS) is 12.1. The molecule has 0 radical (unpaired) electrons. The van der Waals surface area contributed by atoms with Crippen LogP contribution in [0, 0.1) is 10.1 Å². The Kier molecular flexibility index (Phi) is 3.84. The predicted octanol–water partition coefficient (Wildman–Crippen LogP) is 1.62. The Bertz CT molecular complexity index is 525. The van der Waals surface area contributed by atoms with E-state index in [2.05, 4.69) is 0 Å². The monoisotopic (exact) mass is 258 g/mol. The van der Waals surface area contributed by atoms with Crippen LogP contribution in [0.5, 0.6) is 0 Å². The summed E-state index contributed by atoms with van der Waals surface area (Å²) >= 11 is 0. The fourth-order valence-corrected chi connectivity index (χ4v) is 2.78. The van der Waals surface area contributed by atoms with E-state index in [-0.39, 0.29) is 10.9 Å². The van der Waals surface area contributed by atoms with Crippen molar-refractivity contribution < 1.29 is 13.3 Å². The second-order valence-corrected chi connectivity index (χ2v) is 5.81. The van der Waals surface area contributed by atoms with Crippen molar-refractivity contribution in [1.82, 2.24) is 4.31 Å². The fraction of sp³-hybridized carbons (Fsp3) is 0.400. The third kappa shape index (κ3) is 2.62. The van der Waals surface area contributed by atoms with Gasteiger partial charge in [0.1, 0.15) is 0 Å². The molecule has 0 heterocycles. The second kappa shape index (κ2) is 4.80. The molecule has 0 bridgehead atoms. The predicted molar refractivity (Wildman–Crippen MR) is 63.2 cm³/mol. The van der Waals surface area contributed by atoms with Gasteiger partial charge in [-0.3, -0.25) is 10.1 Å². The molecule has 0 atom stereocenters. The van der Waals surface area contributed by atoms with E-state index in [4.69, 9.17) is 0 Å². The molecule has 0 amide bonds. The van der Waals surface area contributed by atoms with Crippen molar-refractivity contribution in [2.75, 3.05) is 7.05 Å². The van der Waals surface area contributed by atoms with E-state index in [0.29, 0.717) is 0 Å². The topological polar surface area (TPSA) is 80.5 Å². The fourth-order valence-electron chi connectivity index (χ4n) is 1.26. The van der Waals surface area contributed by atoms with Crippen LogP contribution >= 0.6 is 0 Å². The minimum atomic E-state index is -3.82. The van der Waals surface area contributed by atoms with Crippen LogP contribution in [-0.2, 0) is 10.0 Å². The molecule has 1 aromatic rings. The van der Waals surface area contributed by atoms with Crippen molar-refractivity contribution >= 4 is 15.7 Å². The third-order valence-corrected chi connectivity index (χ3v) is 4.53. The first-order valence-corrected chi connectivity index (χ1v) is 6.44. The highest BCUT2D eigenvalue weighted by Gasteiger charge is 2.30. The summed E-state index contributed by atoms with van der Waals surface area (Å²) in [6, 6.07) is 5.06. The first-order valence-electron chi connectivity index (χ1n) is 5.00. The van der Waals surface area contributed by atoms with Gasteiger partial charge >= 0.3 is 0 Å². The van der Waals surface area contributed by atoms with Gasteiger partial charge in [0.05, 0.1) is 4.92 Å². The number of nitrogens with zero attached hydrogens (tertiary/aromatic N) is 2. The molecule has 0 aliphatic rings. The van der Waals surface area contributed by atoms with Gasteiger partial charge in [0, 0.05) is 19.2 Å². The SMILES string of the molecule is CC(C)N(C)S(=O)(=O)c1ccccc1[N+](=O)[O-]. The summed E-state index contributed by atoms with van der Waals surface area (Å²) in [5.41, 5.74) is -0.403. The molecule has 0 spiro atoms. The van der Waals surface area contributed by atoms with Crippen LogP contribution < -0.4 is 0 Å². The molecule has 94 valence electrons. The van der Waals surface area contributed by atoms with Crippen LogP contribution in [0.4, 0.5) is 5.69 Å². The highest BCUT2D eigenvalue weighted by atomic mass is 32.2. The molecule has 0 N–H and O–H groups in total. The van der Waals surface area contributed by atoms with Gasteiger partial charge in [-0.1, -0.05) is 12.1 Å². The maximum atomic E-state index is 12.1. The van der Waals surface area contributed by atoms with E-state index in [1.807, 2.05) is 0 Å². The van der Waals surface area contributed by atoms with Crippen molar-refractivity contribution in [3.8, 4) is 0 Å². The smallest absolute Gasteiger partial charge is 0.258 e. The minimum absolute atomic E-state index is 0.264. The summed E-state index contributed by atoms with van der Waals surface area (Å²) in [7, 11) is -2.42. The van der Waals surface area contributed by atoms with Crippen LogP contribution in [-0.4, -0.2) is 30.7 Å². The number of para-hydroxylation sites is 1. The number of rotatable bonds is 4. The third-order valence-electron chi connectivity index (χ3n) is 2.45. The Balaban J connectivity index is 3.39. The number of hydrogen-bond acceptors (Lipinski definition) is 4. The summed E-state index contributed by atoms with van der Waals surface area (Å²) in [5, 5.41) is 10.8. The summed E-state index contributed by atoms with van der Waals surface area (Å²) < 4.78 is 25.3. The van der Waals surface area contributed by atoms with Crippen molar-refractivity contribution in [3.05, 3.63) is 34.4 Å². The van der Waals surface area contributed by atoms with Gasteiger partial charge in [-0.25, -0.2) is 8.42 Å². The molecule has 0 aliphatic carbocycles. The van der Waals surface area contributed by atoms with Crippen LogP contribution in [0.25, 0.3) is 0 Å². The number of nitro groups is 1. The molecule has 0 saturated heterocycles. The largest absolute Gasteiger partial charge is 0.289 e. The van der Waals surface area contributed by atoms with Gasteiger partial charge in [0.2, 0.25) is 10.0 Å². The molecule has 1 rings (SSSR count). The molecule has 6 nitrogen and oxygen atoms in total. The lowest BCUT2D eigenvalue weighted by molar-refractivity contribution is -0.387. The van der Waals surface area contributed by atoms with E-state index < -0.39 is 20.6 Å². The van der Waals surface area contributed by atoms with Crippen LogP contribution in [0.1, 0.15) is 13.8 Å².